The summed E-state index contributed by atoms with van der Waals surface area (Å²) in [6, 6.07) is 16.6. The summed E-state index contributed by atoms with van der Waals surface area (Å²) >= 11 is 6.05. The van der Waals surface area contributed by atoms with E-state index in [4.69, 9.17) is 16.1 Å². The molecule has 6 nitrogen and oxygen atoms in total. The summed E-state index contributed by atoms with van der Waals surface area (Å²) in [4.78, 5) is 13.7. The fraction of sp³-hybridized carbons (Fsp3) is 0.261. The lowest BCUT2D eigenvalue weighted by atomic mass is 10.1. The third kappa shape index (κ3) is 3.37. The summed E-state index contributed by atoms with van der Waals surface area (Å²) in [6.07, 6.45) is 1.55. The van der Waals surface area contributed by atoms with E-state index in [9.17, 15) is 0 Å². The minimum Gasteiger partial charge on any atom is -0.365 e. The third-order valence-corrected chi connectivity index (χ3v) is 5.88. The van der Waals surface area contributed by atoms with Crippen molar-refractivity contribution in [3.63, 3.8) is 0 Å². The number of nitrogens with zero attached hydrogens (tertiary/aromatic N) is 5. The second kappa shape index (κ2) is 7.61. The van der Waals surface area contributed by atoms with Crippen LogP contribution < -0.4 is 9.80 Å². The largest absolute Gasteiger partial charge is 0.365 e. The van der Waals surface area contributed by atoms with Crippen molar-refractivity contribution in [3.8, 4) is 11.3 Å². The van der Waals surface area contributed by atoms with E-state index in [2.05, 4.69) is 63.0 Å². The lowest BCUT2D eigenvalue weighted by Gasteiger charge is -2.42. The number of benzene rings is 2. The molecule has 1 aliphatic rings. The highest BCUT2D eigenvalue weighted by Crippen LogP contribution is 2.34. The molecule has 0 N–H and O–H groups in total. The molecule has 7 heteroatoms. The Morgan fingerprint density at radius 3 is 2.67 bits per heavy atom. The summed E-state index contributed by atoms with van der Waals surface area (Å²) in [6.45, 7) is 7.01. The van der Waals surface area contributed by atoms with Gasteiger partial charge < -0.3 is 14.3 Å². The molecule has 1 saturated heterocycles. The maximum atomic E-state index is 6.05. The Morgan fingerprint density at radius 1 is 1.07 bits per heavy atom. The lowest BCUT2D eigenvalue weighted by Crippen LogP contribution is -2.52. The zero-order chi connectivity index (χ0) is 20.7. The summed E-state index contributed by atoms with van der Waals surface area (Å²) in [5.41, 5.74) is 4.71. The molecule has 2 aromatic heterocycles. The minimum absolute atomic E-state index is 0.337. The van der Waals surface area contributed by atoms with Gasteiger partial charge in [0, 0.05) is 41.9 Å². The topological polar surface area (TPSA) is 58.3 Å². The van der Waals surface area contributed by atoms with E-state index in [-0.39, 0.29) is 0 Å². The quantitative estimate of drug-likeness (QED) is 0.467. The van der Waals surface area contributed by atoms with Crippen molar-refractivity contribution in [2.45, 2.75) is 19.9 Å². The van der Waals surface area contributed by atoms with Gasteiger partial charge in [-0.05, 0) is 43.7 Å². The summed E-state index contributed by atoms with van der Waals surface area (Å²) < 4.78 is 5.52. The monoisotopic (exact) mass is 419 g/mol. The maximum Gasteiger partial charge on any atom is 0.263 e. The first-order chi connectivity index (χ1) is 14.6. The van der Waals surface area contributed by atoms with Crippen LogP contribution >= 0.6 is 11.6 Å². The number of rotatable bonds is 3. The van der Waals surface area contributed by atoms with Crippen LogP contribution in [0.4, 0.5) is 11.5 Å². The molecule has 152 valence electrons. The fourth-order valence-electron chi connectivity index (χ4n) is 4.16. The number of hydrogen-bond acceptors (Lipinski definition) is 6. The number of halogens is 1. The van der Waals surface area contributed by atoms with Gasteiger partial charge in [-0.1, -0.05) is 41.0 Å². The van der Waals surface area contributed by atoms with Crippen LogP contribution in [0.5, 0.6) is 0 Å². The highest BCUT2D eigenvalue weighted by atomic mass is 35.5. The molecule has 0 radical (unpaired) electrons. The number of fused-ring (bicyclic) bond motifs is 1. The zero-order valence-corrected chi connectivity index (χ0v) is 17.7. The van der Waals surface area contributed by atoms with Crippen molar-refractivity contribution in [3.05, 3.63) is 65.4 Å². The molecular weight excluding hydrogens is 398 g/mol. The first kappa shape index (κ1) is 18.9. The van der Waals surface area contributed by atoms with Crippen LogP contribution in [0.2, 0.25) is 5.02 Å². The first-order valence-corrected chi connectivity index (χ1v) is 10.4. The van der Waals surface area contributed by atoms with E-state index in [0.29, 0.717) is 16.8 Å². The molecule has 4 aromatic rings. The van der Waals surface area contributed by atoms with Crippen molar-refractivity contribution >= 4 is 34.2 Å². The molecule has 1 aliphatic heterocycles. The fourth-order valence-corrected chi connectivity index (χ4v) is 4.28. The average Bonchev–Trinajstić information content (AvgIpc) is 3.18. The van der Waals surface area contributed by atoms with E-state index in [1.165, 1.54) is 11.3 Å². The van der Waals surface area contributed by atoms with Gasteiger partial charge in [-0.2, -0.15) is 4.98 Å². The van der Waals surface area contributed by atoms with Gasteiger partial charge in [-0.3, -0.25) is 0 Å². The van der Waals surface area contributed by atoms with Crippen molar-refractivity contribution < 1.29 is 4.52 Å². The van der Waals surface area contributed by atoms with Gasteiger partial charge >= 0.3 is 0 Å². The molecule has 5 rings (SSSR count). The van der Waals surface area contributed by atoms with E-state index in [1.54, 1.807) is 6.33 Å². The Balaban J connectivity index is 1.48. The third-order valence-electron chi connectivity index (χ3n) is 5.63. The Kier molecular flexibility index (Phi) is 4.79. The molecule has 30 heavy (non-hydrogen) atoms. The van der Waals surface area contributed by atoms with Crippen LogP contribution in [0, 0.1) is 6.92 Å². The molecule has 1 fully saturated rings. The van der Waals surface area contributed by atoms with Gasteiger partial charge in [0.15, 0.2) is 0 Å². The highest BCUT2D eigenvalue weighted by molar-refractivity contribution is 6.30. The molecule has 0 spiro atoms. The molecule has 2 aromatic carbocycles. The summed E-state index contributed by atoms with van der Waals surface area (Å²) in [5.74, 6) is 0.863. The molecule has 0 unspecified atom stereocenters. The van der Waals surface area contributed by atoms with E-state index in [1.807, 2.05) is 24.3 Å². The van der Waals surface area contributed by atoms with Crippen molar-refractivity contribution in [2.24, 2.45) is 0 Å². The Bertz CT molecular complexity index is 1190. The van der Waals surface area contributed by atoms with E-state index in [0.717, 1.165) is 42.1 Å². The van der Waals surface area contributed by atoms with Crippen LogP contribution in [-0.4, -0.2) is 40.8 Å². The predicted molar refractivity (Wildman–Crippen MR) is 120 cm³/mol. The number of hydrogen-bond donors (Lipinski definition) is 0. The van der Waals surface area contributed by atoms with E-state index >= 15 is 0 Å². The van der Waals surface area contributed by atoms with Gasteiger partial charge in [0.05, 0.1) is 0 Å². The summed E-state index contributed by atoms with van der Waals surface area (Å²) in [5, 5.41) is 5.81. The average molecular weight is 420 g/mol. The molecule has 0 amide bonds. The number of piperazine rings is 1. The van der Waals surface area contributed by atoms with Crippen molar-refractivity contribution in [1.29, 1.82) is 0 Å². The lowest BCUT2D eigenvalue weighted by molar-refractivity contribution is 0.451. The molecule has 3 heterocycles. The Labute approximate surface area is 180 Å². The van der Waals surface area contributed by atoms with E-state index < -0.39 is 0 Å². The smallest absolute Gasteiger partial charge is 0.263 e. The Morgan fingerprint density at radius 2 is 1.90 bits per heavy atom. The van der Waals surface area contributed by atoms with Crippen LogP contribution in [0.1, 0.15) is 12.5 Å². The highest BCUT2D eigenvalue weighted by Gasteiger charge is 2.28. The van der Waals surface area contributed by atoms with Crippen molar-refractivity contribution in [2.75, 3.05) is 29.4 Å². The maximum absolute atomic E-state index is 6.05. The number of aromatic nitrogens is 3. The van der Waals surface area contributed by atoms with Crippen LogP contribution in [0.15, 0.2) is 59.4 Å². The first-order valence-electron chi connectivity index (χ1n) is 10.0. The molecule has 0 bridgehead atoms. The standard InChI is InChI=1S/C23H22ClN5O/c1-15-4-3-5-19(12-15)29-11-10-28(13-16(29)2)22-20-21(17-6-8-18(24)9-7-17)27-30-23(20)26-14-25-22/h3-9,12,14,16H,10-11,13H2,1-2H3/t16-/m1/s1. The van der Waals surface area contributed by atoms with Gasteiger partial charge in [-0.15, -0.1) is 0 Å². The SMILES string of the molecule is Cc1cccc(N2CCN(c3ncnc4onc(-c5ccc(Cl)cc5)c34)C[C@H]2C)c1. The van der Waals surface area contributed by atoms with Gasteiger partial charge in [0.2, 0.25) is 0 Å². The van der Waals surface area contributed by atoms with Crippen LogP contribution in [0.3, 0.4) is 0 Å². The normalized spacial score (nSPS) is 17.0. The predicted octanol–water partition coefficient (Wildman–Crippen LogP) is 4.96. The Hall–Kier alpha value is -3.12. The number of aryl methyl sites for hydroxylation is 1. The second-order valence-corrected chi connectivity index (χ2v) is 8.18. The van der Waals surface area contributed by atoms with Crippen molar-refractivity contribution in [1.82, 2.24) is 15.1 Å². The molecular formula is C23H22ClN5O. The van der Waals surface area contributed by atoms with Gasteiger partial charge in [0.1, 0.15) is 23.2 Å². The molecule has 0 aliphatic carbocycles. The zero-order valence-electron chi connectivity index (χ0n) is 16.9. The molecule has 1 atom stereocenters. The number of anilines is 2. The second-order valence-electron chi connectivity index (χ2n) is 7.74. The minimum atomic E-state index is 0.337. The van der Waals surface area contributed by atoms with Gasteiger partial charge in [-0.25, -0.2) is 4.98 Å². The summed E-state index contributed by atoms with van der Waals surface area (Å²) in [7, 11) is 0. The van der Waals surface area contributed by atoms with Crippen LogP contribution in [0.25, 0.3) is 22.4 Å². The van der Waals surface area contributed by atoms with Crippen LogP contribution in [-0.2, 0) is 0 Å². The molecule has 0 saturated carbocycles. The van der Waals surface area contributed by atoms with Gasteiger partial charge in [0.25, 0.3) is 5.71 Å².